The van der Waals surface area contributed by atoms with Crippen LogP contribution in [-0.4, -0.2) is 29.3 Å². The van der Waals surface area contributed by atoms with Gasteiger partial charge in [0.25, 0.3) is 11.6 Å². The summed E-state index contributed by atoms with van der Waals surface area (Å²) in [4.78, 5) is 22.0. The number of hydrogen-bond acceptors (Lipinski definition) is 6. The van der Waals surface area contributed by atoms with E-state index < -0.39 is 10.8 Å². The fourth-order valence-electron chi connectivity index (χ4n) is 2.74. The van der Waals surface area contributed by atoms with E-state index in [9.17, 15) is 14.9 Å². The summed E-state index contributed by atoms with van der Waals surface area (Å²) < 4.78 is 11.5. The summed E-state index contributed by atoms with van der Waals surface area (Å²) in [6.07, 6.45) is 2.18. The number of para-hydroxylation sites is 1. The third-order valence-corrected chi connectivity index (χ3v) is 3.92. The number of nitro groups is 1. The fourth-order valence-corrected chi connectivity index (χ4v) is 2.74. The van der Waals surface area contributed by atoms with Gasteiger partial charge >= 0.3 is 0 Å². The van der Waals surface area contributed by atoms with Crippen LogP contribution in [0.15, 0.2) is 47.6 Å². The summed E-state index contributed by atoms with van der Waals surface area (Å²) in [7, 11) is 0. The predicted octanol–water partition coefficient (Wildman–Crippen LogP) is 2.84. The van der Waals surface area contributed by atoms with Crippen molar-refractivity contribution in [1.29, 1.82) is 0 Å². The van der Waals surface area contributed by atoms with E-state index in [0.29, 0.717) is 17.1 Å². The number of rotatable bonds is 6. The highest BCUT2D eigenvalue weighted by atomic mass is 16.6. The molecule has 0 aliphatic carbocycles. The number of non-ortho nitro benzene ring substituents is 1. The normalized spacial score (nSPS) is 14.4. The van der Waals surface area contributed by atoms with Crippen LogP contribution >= 0.6 is 0 Å². The molecule has 0 unspecified atom stereocenters. The van der Waals surface area contributed by atoms with Crippen molar-refractivity contribution in [3.63, 3.8) is 0 Å². The number of nitro benzene ring substituents is 1. The van der Waals surface area contributed by atoms with E-state index >= 15 is 0 Å². The van der Waals surface area contributed by atoms with E-state index in [1.54, 1.807) is 6.07 Å². The summed E-state index contributed by atoms with van der Waals surface area (Å²) >= 11 is 0. The summed E-state index contributed by atoms with van der Waals surface area (Å²) in [6.45, 7) is 3.78. The highest BCUT2D eigenvalue weighted by Gasteiger charge is 2.32. The van der Waals surface area contributed by atoms with Crippen LogP contribution in [0.4, 0.5) is 5.69 Å². The number of hydrogen-bond donors (Lipinski definition) is 1. The molecule has 0 aromatic heterocycles. The van der Waals surface area contributed by atoms with Gasteiger partial charge in [-0.1, -0.05) is 12.1 Å². The molecule has 27 heavy (non-hydrogen) atoms. The Hall–Kier alpha value is -3.42. The van der Waals surface area contributed by atoms with Gasteiger partial charge in [-0.3, -0.25) is 14.9 Å². The number of nitrogens with one attached hydrogen (secondary N) is 1. The van der Waals surface area contributed by atoms with Crippen LogP contribution in [0.1, 0.15) is 25.0 Å². The van der Waals surface area contributed by atoms with Crippen molar-refractivity contribution in [2.45, 2.75) is 25.9 Å². The van der Waals surface area contributed by atoms with Gasteiger partial charge in [-0.05, 0) is 37.6 Å². The molecule has 3 rings (SSSR count). The minimum absolute atomic E-state index is 0.00891. The lowest BCUT2D eigenvalue weighted by Gasteiger charge is -2.18. The molecule has 1 amide bonds. The van der Waals surface area contributed by atoms with Crippen LogP contribution in [0, 0.1) is 10.1 Å². The van der Waals surface area contributed by atoms with Crippen LogP contribution in [-0.2, 0) is 11.2 Å². The van der Waals surface area contributed by atoms with Gasteiger partial charge in [0, 0.05) is 24.1 Å². The maximum absolute atomic E-state index is 11.9. The van der Waals surface area contributed by atoms with Crippen LogP contribution in [0.2, 0.25) is 0 Å². The molecule has 8 heteroatoms. The molecule has 8 nitrogen and oxygen atoms in total. The lowest BCUT2D eigenvalue weighted by Crippen LogP contribution is -2.26. The van der Waals surface area contributed by atoms with Crippen LogP contribution in [0.3, 0.4) is 0 Å². The SMILES string of the molecule is CC1(C)Cc2cccc(OCC(=O)N/N=C/c3ccc([N+](=O)[O-])cc3)c2O1. The molecule has 0 saturated heterocycles. The highest BCUT2D eigenvalue weighted by molar-refractivity contribution is 5.83. The molecule has 0 bridgehead atoms. The Morgan fingerprint density at radius 1 is 1.33 bits per heavy atom. The Balaban J connectivity index is 1.52. The molecule has 2 aromatic rings. The summed E-state index contributed by atoms with van der Waals surface area (Å²) in [5.74, 6) is 0.764. The first-order valence-corrected chi connectivity index (χ1v) is 8.34. The van der Waals surface area contributed by atoms with Crippen molar-refractivity contribution in [3.8, 4) is 11.5 Å². The number of amides is 1. The number of nitrogens with zero attached hydrogens (tertiary/aromatic N) is 2. The molecular formula is C19H19N3O5. The minimum atomic E-state index is -0.481. The van der Waals surface area contributed by atoms with Gasteiger partial charge in [0.05, 0.1) is 11.1 Å². The Kier molecular flexibility index (Phi) is 5.07. The smallest absolute Gasteiger partial charge is 0.277 e. The van der Waals surface area contributed by atoms with E-state index in [0.717, 1.165) is 12.0 Å². The van der Waals surface area contributed by atoms with Crippen LogP contribution < -0.4 is 14.9 Å². The second kappa shape index (κ2) is 7.45. The van der Waals surface area contributed by atoms with Gasteiger partial charge in [-0.15, -0.1) is 0 Å². The van der Waals surface area contributed by atoms with Crippen molar-refractivity contribution >= 4 is 17.8 Å². The molecule has 1 N–H and O–H groups in total. The quantitative estimate of drug-likeness (QED) is 0.479. The summed E-state index contributed by atoms with van der Waals surface area (Å²) in [5.41, 5.74) is 3.73. The van der Waals surface area contributed by atoms with Gasteiger partial charge in [-0.2, -0.15) is 5.10 Å². The van der Waals surface area contributed by atoms with Gasteiger partial charge in [-0.25, -0.2) is 5.43 Å². The fraction of sp³-hybridized carbons (Fsp3) is 0.263. The van der Waals surface area contributed by atoms with Gasteiger partial charge in [0.1, 0.15) is 5.60 Å². The maximum Gasteiger partial charge on any atom is 0.277 e. The van der Waals surface area contributed by atoms with E-state index in [2.05, 4.69) is 10.5 Å². The zero-order valence-electron chi connectivity index (χ0n) is 15.0. The molecule has 0 atom stereocenters. The molecule has 0 radical (unpaired) electrons. The Bertz CT molecular complexity index is 891. The van der Waals surface area contributed by atoms with E-state index in [4.69, 9.17) is 9.47 Å². The maximum atomic E-state index is 11.9. The number of carbonyl (C=O) groups is 1. The Labute approximate surface area is 155 Å². The zero-order chi connectivity index (χ0) is 19.4. The van der Waals surface area contributed by atoms with Gasteiger partial charge < -0.3 is 9.47 Å². The van der Waals surface area contributed by atoms with Crippen molar-refractivity contribution in [2.24, 2.45) is 5.10 Å². The molecule has 140 valence electrons. The zero-order valence-corrected chi connectivity index (χ0v) is 15.0. The molecular weight excluding hydrogens is 350 g/mol. The first-order valence-electron chi connectivity index (χ1n) is 8.34. The van der Waals surface area contributed by atoms with Crippen molar-refractivity contribution in [3.05, 3.63) is 63.7 Å². The number of carbonyl (C=O) groups excluding carboxylic acids is 1. The summed E-state index contributed by atoms with van der Waals surface area (Å²) in [6, 6.07) is 11.4. The molecule has 0 spiro atoms. The molecule has 1 aliphatic heterocycles. The lowest BCUT2D eigenvalue weighted by molar-refractivity contribution is -0.384. The monoisotopic (exact) mass is 369 g/mol. The van der Waals surface area contributed by atoms with Gasteiger partial charge in [0.2, 0.25) is 0 Å². The van der Waals surface area contributed by atoms with Crippen LogP contribution in [0.5, 0.6) is 11.5 Å². The number of benzene rings is 2. The highest BCUT2D eigenvalue weighted by Crippen LogP contribution is 2.41. The number of fused-ring (bicyclic) bond motifs is 1. The third-order valence-electron chi connectivity index (χ3n) is 3.92. The number of hydrazone groups is 1. The van der Waals surface area contributed by atoms with Crippen molar-refractivity contribution in [1.82, 2.24) is 5.43 Å². The van der Waals surface area contributed by atoms with E-state index in [1.807, 2.05) is 26.0 Å². The lowest BCUT2D eigenvalue weighted by atomic mass is 10.0. The van der Waals surface area contributed by atoms with Crippen LogP contribution in [0.25, 0.3) is 0 Å². The van der Waals surface area contributed by atoms with E-state index in [-0.39, 0.29) is 17.9 Å². The van der Waals surface area contributed by atoms with Crippen molar-refractivity contribution < 1.29 is 19.2 Å². The molecule has 2 aromatic carbocycles. The largest absolute Gasteiger partial charge is 0.483 e. The molecule has 1 heterocycles. The third kappa shape index (κ3) is 4.60. The topological polar surface area (TPSA) is 103 Å². The second-order valence-corrected chi connectivity index (χ2v) is 6.71. The summed E-state index contributed by atoms with van der Waals surface area (Å²) in [5, 5.41) is 14.4. The number of ether oxygens (including phenoxy) is 2. The standard InChI is InChI=1S/C19H19N3O5/c1-19(2)10-14-4-3-5-16(18(14)27-19)26-12-17(23)21-20-11-13-6-8-15(9-7-13)22(24)25/h3-9,11H,10,12H2,1-2H3,(H,21,23)/b20-11+. The van der Waals surface area contributed by atoms with Gasteiger partial charge in [0.15, 0.2) is 18.1 Å². The van der Waals surface area contributed by atoms with E-state index in [1.165, 1.54) is 30.5 Å². The minimum Gasteiger partial charge on any atom is -0.483 e. The first kappa shape index (κ1) is 18.4. The molecule has 0 saturated carbocycles. The Morgan fingerprint density at radius 3 is 2.78 bits per heavy atom. The first-order chi connectivity index (χ1) is 12.8. The molecule has 1 aliphatic rings. The van der Waals surface area contributed by atoms with Crippen molar-refractivity contribution in [2.75, 3.05) is 6.61 Å². The average molecular weight is 369 g/mol. The second-order valence-electron chi connectivity index (χ2n) is 6.71. The Morgan fingerprint density at radius 2 is 2.07 bits per heavy atom. The average Bonchev–Trinajstić information content (AvgIpc) is 2.94. The predicted molar refractivity (Wildman–Crippen MR) is 99.2 cm³/mol. The molecule has 0 fully saturated rings.